The number of carbonyl (C=O) groups is 2. The van der Waals surface area contributed by atoms with E-state index in [0.29, 0.717) is 16.9 Å². The van der Waals surface area contributed by atoms with Gasteiger partial charge in [-0.25, -0.2) is 4.79 Å². The van der Waals surface area contributed by atoms with Crippen LogP contribution in [-0.2, 0) is 0 Å². The first kappa shape index (κ1) is 17.3. The molecule has 0 aromatic heterocycles. The average molecular weight is 327 g/mol. The first-order valence-electron chi connectivity index (χ1n) is 7.61. The van der Waals surface area contributed by atoms with E-state index >= 15 is 0 Å². The molecule has 0 aliphatic heterocycles. The summed E-state index contributed by atoms with van der Waals surface area (Å²) in [5.74, 6) is 0.579. The smallest absolute Gasteiger partial charge is 0.323 e. The molecule has 0 aliphatic rings. The van der Waals surface area contributed by atoms with E-state index in [-0.39, 0.29) is 18.0 Å². The molecule has 0 fully saturated rings. The molecular formula is C18H21N3O3. The van der Waals surface area contributed by atoms with Gasteiger partial charge in [0.05, 0.1) is 7.11 Å². The van der Waals surface area contributed by atoms with Gasteiger partial charge in [0.2, 0.25) is 0 Å². The zero-order valence-corrected chi connectivity index (χ0v) is 13.9. The molecule has 0 aliphatic carbocycles. The summed E-state index contributed by atoms with van der Waals surface area (Å²) in [5, 5.41) is 8.25. The van der Waals surface area contributed by atoms with Crippen molar-refractivity contribution in [3.63, 3.8) is 0 Å². The van der Waals surface area contributed by atoms with Crippen LogP contribution in [-0.4, -0.2) is 25.1 Å². The van der Waals surface area contributed by atoms with Crippen LogP contribution in [0.2, 0.25) is 0 Å². The lowest BCUT2D eigenvalue weighted by Crippen LogP contribution is -2.30. The highest BCUT2D eigenvalue weighted by atomic mass is 16.5. The molecule has 0 unspecified atom stereocenters. The second-order valence-electron chi connectivity index (χ2n) is 5.51. The van der Waals surface area contributed by atoms with Crippen LogP contribution in [0.4, 0.5) is 16.2 Å². The highest BCUT2D eigenvalue weighted by Crippen LogP contribution is 2.16. The molecule has 0 saturated heterocycles. The van der Waals surface area contributed by atoms with Crippen molar-refractivity contribution in [1.82, 2.24) is 5.32 Å². The second kappa shape index (κ2) is 8.01. The van der Waals surface area contributed by atoms with Crippen LogP contribution in [0.5, 0.6) is 5.75 Å². The molecular weight excluding hydrogens is 306 g/mol. The van der Waals surface area contributed by atoms with E-state index in [1.165, 1.54) is 0 Å². The second-order valence-corrected chi connectivity index (χ2v) is 5.51. The van der Waals surface area contributed by atoms with Gasteiger partial charge in [0.15, 0.2) is 0 Å². The Morgan fingerprint density at radius 3 is 1.83 bits per heavy atom. The minimum atomic E-state index is -0.362. The Kier molecular flexibility index (Phi) is 5.78. The molecule has 0 atom stereocenters. The van der Waals surface area contributed by atoms with Crippen LogP contribution < -0.4 is 20.7 Å². The number of hydrogen-bond acceptors (Lipinski definition) is 3. The normalized spacial score (nSPS) is 10.2. The number of methoxy groups -OCH3 is 1. The Labute approximate surface area is 141 Å². The first-order valence-corrected chi connectivity index (χ1v) is 7.61. The van der Waals surface area contributed by atoms with Gasteiger partial charge < -0.3 is 20.7 Å². The fourth-order valence-electron chi connectivity index (χ4n) is 2.02. The van der Waals surface area contributed by atoms with E-state index in [2.05, 4.69) is 16.0 Å². The largest absolute Gasteiger partial charge is 0.497 e. The zero-order valence-electron chi connectivity index (χ0n) is 13.9. The van der Waals surface area contributed by atoms with Crippen molar-refractivity contribution in [3.05, 3.63) is 54.1 Å². The molecule has 0 radical (unpaired) electrons. The highest BCUT2D eigenvalue weighted by Gasteiger charge is 2.08. The van der Waals surface area contributed by atoms with Crippen molar-refractivity contribution in [1.29, 1.82) is 0 Å². The topological polar surface area (TPSA) is 79.5 Å². The Morgan fingerprint density at radius 1 is 0.875 bits per heavy atom. The van der Waals surface area contributed by atoms with Crippen molar-refractivity contribution in [3.8, 4) is 5.75 Å². The number of hydrogen-bond donors (Lipinski definition) is 3. The third-order valence-corrected chi connectivity index (χ3v) is 3.17. The molecule has 126 valence electrons. The monoisotopic (exact) mass is 327 g/mol. The van der Waals surface area contributed by atoms with Crippen LogP contribution in [0.15, 0.2) is 48.5 Å². The fraction of sp³-hybridized carbons (Fsp3) is 0.222. The van der Waals surface area contributed by atoms with Gasteiger partial charge in [0.1, 0.15) is 5.75 Å². The molecule has 2 aromatic carbocycles. The van der Waals surface area contributed by atoms with Crippen LogP contribution in [0.25, 0.3) is 0 Å². The number of carbonyl (C=O) groups excluding carboxylic acids is 2. The van der Waals surface area contributed by atoms with E-state index in [0.717, 1.165) is 5.75 Å². The summed E-state index contributed by atoms with van der Waals surface area (Å²) >= 11 is 0. The molecule has 3 N–H and O–H groups in total. The summed E-state index contributed by atoms with van der Waals surface area (Å²) in [6.07, 6.45) is 0. The van der Waals surface area contributed by atoms with E-state index in [1.807, 2.05) is 13.8 Å². The Hall–Kier alpha value is -3.02. The van der Waals surface area contributed by atoms with Crippen molar-refractivity contribution >= 4 is 23.3 Å². The number of amides is 3. The van der Waals surface area contributed by atoms with Crippen molar-refractivity contribution < 1.29 is 14.3 Å². The third kappa shape index (κ3) is 5.01. The van der Waals surface area contributed by atoms with Crippen LogP contribution in [0, 0.1) is 0 Å². The molecule has 2 rings (SSSR count). The third-order valence-electron chi connectivity index (χ3n) is 3.17. The number of urea groups is 1. The number of benzene rings is 2. The lowest BCUT2D eigenvalue weighted by atomic mass is 10.2. The van der Waals surface area contributed by atoms with Gasteiger partial charge in [-0.05, 0) is 62.4 Å². The fourth-order valence-corrected chi connectivity index (χ4v) is 2.02. The summed E-state index contributed by atoms with van der Waals surface area (Å²) in [5.41, 5.74) is 1.80. The maximum Gasteiger partial charge on any atom is 0.323 e. The SMILES string of the molecule is COc1ccc(NC(=O)Nc2ccc(C(=O)NC(C)C)cc2)cc1. The van der Waals surface area contributed by atoms with E-state index in [4.69, 9.17) is 4.74 Å². The summed E-state index contributed by atoms with van der Waals surface area (Å²) in [6, 6.07) is 13.4. The maximum atomic E-state index is 12.0. The number of rotatable bonds is 5. The lowest BCUT2D eigenvalue weighted by Gasteiger charge is -2.10. The predicted octanol–water partition coefficient (Wildman–Crippen LogP) is 3.48. The molecule has 0 spiro atoms. The summed E-state index contributed by atoms with van der Waals surface area (Å²) < 4.78 is 5.06. The summed E-state index contributed by atoms with van der Waals surface area (Å²) in [6.45, 7) is 3.80. The Morgan fingerprint density at radius 2 is 1.38 bits per heavy atom. The molecule has 6 nitrogen and oxygen atoms in total. The quantitative estimate of drug-likeness (QED) is 0.786. The van der Waals surface area contributed by atoms with Crippen molar-refractivity contribution in [2.75, 3.05) is 17.7 Å². The Bertz CT molecular complexity index is 694. The number of anilines is 2. The minimum Gasteiger partial charge on any atom is -0.497 e. The van der Waals surface area contributed by atoms with Gasteiger partial charge in [-0.3, -0.25) is 4.79 Å². The summed E-state index contributed by atoms with van der Waals surface area (Å²) in [4.78, 5) is 23.8. The predicted molar refractivity (Wildman–Crippen MR) is 94.7 cm³/mol. The molecule has 6 heteroatoms. The first-order chi connectivity index (χ1) is 11.5. The number of nitrogens with one attached hydrogen (secondary N) is 3. The molecule has 2 aromatic rings. The number of ether oxygens (including phenoxy) is 1. The standard InChI is InChI=1S/C18H21N3O3/c1-12(2)19-17(22)13-4-6-14(7-5-13)20-18(23)21-15-8-10-16(24-3)11-9-15/h4-12H,1-3H3,(H,19,22)(H2,20,21,23). The molecule has 3 amide bonds. The highest BCUT2D eigenvalue weighted by molar-refractivity contribution is 6.00. The maximum absolute atomic E-state index is 12.0. The molecule has 0 heterocycles. The van der Waals surface area contributed by atoms with Gasteiger partial charge in [0.25, 0.3) is 5.91 Å². The van der Waals surface area contributed by atoms with Gasteiger partial charge in [-0.1, -0.05) is 0 Å². The van der Waals surface area contributed by atoms with Gasteiger partial charge in [0, 0.05) is 23.0 Å². The van der Waals surface area contributed by atoms with Crippen LogP contribution in [0.1, 0.15) is 24.2 Å². The molecule has 0 bridgehead atoms. The lowest BCUT2D eigenvalue weighted by molar-refractivity contribution is 0.0943. The van der Waals surface area contributed by atoms with E-state index in [1.54, 1.807) is 55.6 Å². The van der Waals surface area contributed by atoms with Crippen molar-refractivity contribution in [2.45, 2.75) is 19.9 Å². The Balaban J connectivity index is 1.92. The van der Waals surface area contributed by atoms with Gasteiger partial charge in [-0.2, -0.15) is 0 Å². The van der Waals surface area contributed by atoms with E-state index < -0.39 is 0 Å². The van der Waals surface area contributed by atoms with Crippen LogP contribution in [0.3, 0.4) is 0 Å². The zero-order chi connectivity index (χ0) is 17.5. The van der Waals surface area contributed by atoms with Gasteiger partial charge >= 0.3 is 6.03 Å². The molecule has 24 heavy (non-hydrogen) atoms. The van der Waals surface area contributed by atoms with Crippen LogP contribution >= 0.6 is 0 Å². The van der Waals surface area contributed by atoms with E-state index in [9.17, 15) is 9.59 Å². The average Bonchev–Trinajstić information content (AvgIpc) is 2.55. The minimum absolute atomic E-state index is 0.0746. The van der Waals surface area contributed by atoms with Crippen molar-refractivity contribution in [2.24, 2.45) is 0 Å². The van der Waals surface area contributed by atoms with Gasteiger partial charge in [-0.15, -0.1) is 0 Å². The molecule has 0 saturated carbocycles. The summed E-state index contributed by atoms with van der Waals surface area (Å²) in [7, 11) is 1.58.